The van der Waals surface area contributed by atoms with Crippen molar-refractivity contribution in [3.05, 3.63) is 94.8 Å². The topological polar surface area (TPSA) is 88.6 Å². The van der Waals surface area contributed by atoms with Crippen molar-refractivity contribution in [2.75, 3.05) is 12.8 Å². The molecule has 2 atom stereocenters. The van der Waals surface area contributed by atoms with Crippen molar-refractivity contribution >= 4 is 25.6 Å². The number of sulfone groups is 2. The summed E-state index contributed by atoms with van der Waals surface area (Å²) in [5, 5.41) is 0. The third kappa shape index (κ3) is 5.00. The van der Waals surface area contributed by atoms with Gasteiger partial charge in [0.2, 0.25) is 0 Å². The average Bonchev–Trinajstić information content (AvgIpc) is 3.36. The highest BCUT2D eigenvalue weighted by Gasteiger charge is 2.73. The number of amides is 1. The van der Waals surface area contributed by atoms with Crippen LogP contribution in [0.2, 0.25) is 0 Å². The summed E-state index contributed by atoms with van der Waals surface area (Å²) in [5.41, 5.74) is -8.01. The molecule has 16 heteroatoms. The van der Waals surface area contributed by atoms with E-state index in [2.05, 4.69) is 0 Å². The molecule has 1 heterocycles. The summed E-state index contributed by atoms with van der Waals surface area (Å²) in [6.07, 6.45) is -12.7. The van der Waals surface area contributed by atoms with Crippen LogP contribution in [0.5, 0.6) is 0 Å². The van der Waals surface area contributed by atoms with Crippen LogP contribution in [0.25, 0.3) is 0 Å². The van der Waals surface area contributed by atoms with Crippen LogP contribution in [0.4, 0.5) is 35.1 Å². The standard InChI is InChI=1S/C29H23F8NO5S2/c1-44(40,41)21-8-2-17(3-9-21)25(39)38-15-14-26(45(42,43)22-10-6-20(30)7-11-22)23-12-5-19(16-18(23)4-13-24(26)38)27(31,28(32,33)34)29(35,36)37/h2-3,5-12,16,24H,4,13-15H2,1H3/t24-,26-/m0/s1. The van der Waals surface area contributed by atoms with Crippen molar-refractivity contribution in [1.29, 1.82) is 0 Å². The first-order chi connectivity index (χ1) is 20.7. The summed E-state index contributed by atoms with van der Waals surface area (Å²) < 4.78 is 160. The fourth-order valence-corrected chi connectivity index (χ4v) is 9.31. The number of benzene rings is 3. The number of fused-ring (bicyclic) bond motifs is 3. The molecule has 1 aliphatic carbocycles. The monoisotopic (exact) mass is 681 g/mol. The average molecular weight is 682 g/mol. The maximum atomic E-state index is 15.0. The van der Waals surface area contributed by atoms with E-state index < -0.39 is 70.7 Å². The number of likely N-dealkylation sites (tertiary alicyclic amines) is 1. The Hall–Kier alpha value is -3.53. The highest BCUT2D eigenvalue weighted by Crippen LogP contribution is 2.56. The molecule has 3 aromatic rings. The van der Waals surface area contributed by atoms with Crippen LogP contribution < -0.4 is 0 Å². The lowest BCUT2D eigenvalue weighted by molar-refractivity contribution is -0.348. The van der Waals surface area contributed by atoms with Crippen molar-refractivity contribution in [3.8, 4) is 0 Å². The molecule has 6 nitrogen and oxygen atoms in total. The Morgan fingerprint density at radius 1 is 0.822 bits per heavy atom. The highest BCUT2D eigenvalue weighted by atomic mass is 32.2. The largest absolute Gasteiger partial charge is 0.435 e. The van der Waals surface area contributed by atoms with E-state index in [0.717, 1.165) is 36.6 Å². The molecule has 1 fully saturated rings. The summed E-state index contributed by atoms with van der Waals surface area (Å²) in [4.78, 5) is 14.4. The van der Waals surface area contributed by atoms with Gasteiger partial charge in [0.25, 0.3) is 5.91 Å². The van der Waals surface area contributed by atoms with Gasteiger partial charge in [-0.3, -0.25) is 4.79 Å². The normalized spacial score (nSPS) is 20.9. The molecule has 0 spiro atoms. The van der Waals surface area contributed by atoms with Crippen LogP contribution >= 0.6 is 0 Å². The molecule has 0 aromatic heterocycles. The number of nitrogens with zero attached hydrogens (tertiary/aromatic N) is 1. The molecule has 1 saturated heterocycles. The maximum Gasteiger partial charge on any atom is 0.435 e. The number of aryl methyl sites for hydroxylation is 1. The fraction of sp³-hybridized carbons (Fsp3) is 0.345. The first-order valence-corrected chi connectivity index (χ1v) is 16.6. The van der Waals surface area contributed by atoms with E-state index in [0.29, 0.717) is 6.07 Å². The lowest BCUT2D eigenvalue weighted by Crippen LogP contribution is -2.53. The van der Waals surface area contributed by atoms with Crippen molar-refractivity contribution in [2.24, 2.45) is 0 Å². The molecule has 0 unspecified atom stereocenters. The van der Waals surface area contributed by atoms with Crippen molar-refractivity contribution in [1.82, 2.24) is 4.90 Å². The molecular formula is C29H23F8NO5S2. The first kappa shape index (κ1) is 32.9. The molecule has 5 rings (SSSR count). The Morgan fingerprint density at radius 2 is 1.38 bits per heavy atom. The van der Waals surface area contributed by atoms with Crippen molar-refractivity contribution in [2.45, 2.75) is 57.9 Å². The molecule has 1 amide bonds. The number of halogens is 8. The molecule has 2 aliphatic rings. The smallest absolute Gasteiger partial charge is 0.334 e. The lowest BCUT2D eigenvalue weighted by atomic mass is 9.76. The van der Waals surface area contributed by atoms with Gasteiger partial charge in [-0.25, -0.2) is 25.6 Å². The maximum absolute atomic E-state index is 15.0. The van der Waals surface area contributed by atoms with E-state index in [1.165, 1.54) is 29.2 Å². The molecule has 45 heavy (non-hydrogen) atoms. The van der Waals surface area contributed by atoms with Gasteiger partial charge < -0.3 is 4.90 Å². The Kier molecular flexibility index (Phi) is 7.67. The summed E-state index contributed by atoms with van der Waals surface area (Å²) in [7, 11) is -8.26. The van der Waals surface area contributed by atoms with Crippen LogP contribution in [-0.2, 0) is 36.5 Å². The second-order valence-electron chi connectivity index (χ2n) is 11.0. The second kappa shape index (κ2) is 10.5. The van der Waals surface area contributed by atoms with Crippen LogP contribution in [0.15, 0.2) is 76.5 Å². The second-order valence-corrected chi connectivity index (χ2v) is 15.2. The highest BCUT2D eigenvalue weighted by molar-refractivity contribution is 7.92. The van der Waals surface area contributed by atoms with Gasteiger partial charge in [-0.2, -0.15) is 26.3 Å². The number of hydrogen-bond donors (Lipinski definition) is 0. The van der Waals surface area contributed by atoms with Gasteiger partial charge in [0.1, 0.15) is 10.6 Å². The van der Waals surface area contributed by atoms with E-state index in [-0.39, 0.29) is 53.5 Å². The molecule has 3 aromatic carbocycles. The molecule has 0 bridgehead atoms. The number of carbonyl (C=O) groups excluding carboxylic acids is 1. The van der Waals surface area contributed by atoms with Gasteiger partial charge in [-0.1, -0.05) is 18.2 Å². The zero-order valence-electron chi connectivity index (χ0n) is 23.1. The number of alkyl halides is 7. The fourth-order valence-electron chi connectivity index (χ4n) is 6.31. The van der Waals surface area contributed by atoms with E-state index >= 15 is 0 Å². The number of rotatable bonds is 5. The van der Waals surface area contributed by atoms with E-state index in [1.54, 1.807) is 0 Å². The lowest BCUT2D eigenvalue weighted by Gasteiger charge is -2.43. The first-order valence-electron chi connectivity index (χ1n) is 13.2. The molecule has 242 valence electrons. The Balaban J connectivity index is 1.68. The van der Waals surface area contributed by atoms with Gasteiger partial charge in [-0.05, 0) is 78.9 Å². The van der Waals surface area contributed by atoms with Crippen LogP contribution in [0, 0.1) is 5.82 Å². The Morgan fingerprint density at radius 3 is 1.91 bits per heavy atom. The molecule has 1 aliphatic heterocycles. The van der Waals surface area contributed by atoms with Crippen LogP contribution in [0.1, 0.15) is 39.9 Å². The van der Waals surface area contributed by atoms with E-state index in [1.807, 2.05) is 0 Å². The van der Waals surface area contributed by atoms with E-state index in [4.69, 9.17) is 0 Å². The predicted molar refractivity (Wildman–Crippen MR) is 144 cm³/mol. The summed E-state index contributed by atoms with van der Waals surface area (Å²) in [5.74, 6) is -1.48. The number of hydrogen-bond acceptors (Lipinski definition) is 5. The van der Waals surface area contributed by atoms with Crippen molar-refractivity contribution < 1.29 is 56.8 Å². The van der Waals surface area contributed by atoms with Gasteiger partial charge >= 0.3 is 18.0 Å². The minimum atomic E-state index is -6.39. The van der Waals surface area contributed by atoms with Gasteiger partial charge in [0.15, 0.2) is 19.7 Å². The minimum absolute atomic E-state index is 0.00362. The van der Waals surface area contributed by atoms with Crippen LogP contribution in [-0.4, -0.2) is 58.8 Å². The molecule has 0 saturated carbocycles. The number of carbonyl (C=O) groups is 1. The summed E-state index contributed by atoms with van der Waals surface area (Å²) >= 11 is 0. The minimum Gasteiger partial charge on any atom is -0.334 e. The Bertz CT molecular complexity index is 1860. The SMILES string of the molecule is CS(=O)(=O)c1ccc(C(=O)N2CC[C@]3(S(=O)(=O)c4ccc(F)cc4)c4ccc(C(F)(C(F)(F)F)C(F)(F)F)cc4CC[C@H]23)cc1. The van der Waals surface area contributed by atoms with Crippen molar-refractivity contribution in [3.63, 3.8) is 0 Å². The third-order valence-electron chi connectivity index (χ3n) is 8.46. The van der Waals surface area contributed by atoms with Gasteiger partial charge in [0, 0.05) is 23.9 Å². The zero-order chi connectivity index (χ0) is 33.4. The van der Waals surface area contributed by atoms with Crippen LogP contribution in [0.3, 0.4) is 0 Å². The quantitative estimate of drug-likeness (QED) is 0.242. The van der Waals surface area contributed by atoms with E-state index in [9.17, 15) is 56.8 Å². The molecular weight excluding hydrogens is 658 g/mol. The summed E-state index contributed by atoms with van der Waals surface area (Å²) in [6, 6.07) is 8.57. The molecule has 0 radical (unpaired) electrons. The van der Waals surface area contributed by atoms with Gasteiger partial charge in [-0.15, -0.1) is 0 Å². The predicted octanol–water partition coefficient (Wildman–Crippen LogP) is 6.05. The summed E-state index contributed by atoms with van der Waals surface area (Å²) in [6.45, 7) is -0.225. The molecule has 0 N–H and O–H groups in total. The zero-order valence-corrected chi connectivity index (χ0v) is 24.7. The third-order valence-corrected chi connectivity index (χ3v) is 12.1. The Labute approximate surface area is 252 Å². The van der Waals surface area contributed by atoms with Gasteiger partial charge in [0.05, 0.1) is 15.8 Å².